The van der Waals surface area contributed by atoms with Crippen LogP contribution in [-0.4, -0.2) is 5.84 Å². The van der Waals surface area contributed by atoms with E-state index in [0.717, 1.165) is 36.4 Å². The first kappa shape index (κ1) is 21.2. The highest BCUT2D eigenvalue weighted by Gasteiger charge is 2.31. The predicted octanol–water partition coefficient (Wildman–Crippen LogP) is 6.41. The zero-order valence-corrected chi connectivity index (χ0v) is 14.2. The summed E-state index contributed by atoms with van der Waals surface area (Å²) in [5.41, 5.74) is 0.188. The lowest BCUT2D eigenvalue weighted by molar-refractivity contribution is -0.138. The van der Waals surface area contributed by atoms with Crippen molar-refractivity contribution in [3.63, 3.8) is 0 Å². The second-order valence-electron chi connectivity index (χ2n) is 5.10. The molecule has 0 bridgehead atoms. The Kier molecular flexibility index (Phi) is 6.25. The third-order valence-corrected chi connectivity index (χ3v) is 3.45. The molecule has 0 aliphatic carbocycles. The number of amidine groups is 1. The quantitative estimate of drug-likeness (QED) is 0.205. The first-order valence-corrected chi connectivity index (χ1v) is 7.58. The van der Waals surface area contributed by atoms with Crippen molar-refractivity contribution in [2.45, 2.75) is 12.4 Å². The largest absolute Gasteiger partial charge is 0.416 e. The fourth-order valence-corrected chi connectivity index (χ4v) is 1.94. The summed E-state index contributed by atoms with van der Waals surface area (Å²) in [5.74, 6) is -0.589. The molecule has 0 saturated carbocycles. The molecular weight excluding hydrogens is 412 g/mol. The summed E-state index contributed by atoms with van der Waals surface area (Å²) in [5, 5.41) is 19.2. The standard InChI is InChI=1S/C16H8ClF6N5/c17-12-6-3-10(16(21,22)23)7-13(12)26-28-14(8-24)27-25-11-4-1-9(2-5-11)15(18,19)20/h1-7,25H/b27-14+,28-26+. The van der Waals surface area contributed by atoms with Crippen LogP contribution in [0, 0.1) is 11.3 Å². The molecule has 0 heterocycles. The second kappa shape index (κ2) is 8.26. The van der Waals surface area contributed by atoms with Gasteiger partial charge in [0.25, 0.3) is 5.84 Å². The van der Waals surface area contributed by atoms with Gasteiger partial charge in [-0.25, -0.2) is 0 Å². The van der Waals surface area contributed by atoms with E-state index in [1.54, 1.807) is 0 Å². The van der Waals surface area contributed by atoms with Gasteiger partial charge in [0, 0.05) is 0 Å². The van der Waals surface area contributed by atoms with Crippen LogP contribution in [-0.2, 0) is 12.4 Å². The van der Waals surface area contributed by atoms with E-state index in [-0.39, 0.29) is 16.4 Å². The van der Waals surface area contributed by atoms with Crippen LogP contribution < -0.4 is 5.43 Å². The maximum Gasteiger partial charge on any atom is 0.416 e. The zero-order valence-electron chi connectivity index (χ0n) is 13.5. The number of nitrogens with zero attached hydrogens (tertiary/aromatic N) is 4. The van der Waals surface area contributed by atoms with Crippen LogP contribution in [0.2, 0.25) is 5.02 Å². The van der Waals surface area contributed by atoms with E-state index in [9.17, 15) is 26.3 Å². The first-order valence-electron chi connectivity index (χ1n) is 7.20. The van der Waals surface area contributed by atoms with E-state index >= 15 is 0 Å². The fraction of sp³-hybridized carbons (Fsp3) is 0.125. The molecular formula is C16H8ClF6N5. The normalized spacial score (nSPS) is 12.9. The van der Waals surface area contributed by atoms with Gasteiger partial charge in [0.1, 0.15) is 11.8 Å². The summed E-state index contributed by atoms with van der Waals surface area (Å²) in [6.45, 7) is 0. The van der Waals surface area contributed by atoms with Gasteiger partial charge in [0.05, 0.1) is 21.8 Å². The second-order valence-corrected chi connectivity index (χ2v) is 5.51. The van der Waals surface area contributed by atoms with E-state index in [2.05, 4.69) is 20.8 Å². The van der Waals surface area contributed by atoms with Crippen molar-refractivity contribution in [2.24, 2.45) is 15.3 Å². The molecule has 2 rings (SSSR count). The molecule has 0 aliphatic rings. The minimum absolute atomic E-state index is 0.119. The molecule has 0 atom stereocenters. The van der Waals surface area contributed by atoms with Crippen LogP contribution in [0.3, 0.4) is 0 Å². The number of benzene rings is 2. The monoisotopic (exact) mass is 419 g/mol. The molecule has 0 radical (unpaired) electrons. The Morgan fingerprint density at radius 1 is 0.929 bits per heavy atom. The third-order valence-electron chi connectivity index (χ3n) is 3.13. The van der Waals surface area contributed by atoms with Crippen molar-refractivity contribution in [1.29, 1.82) is 5.26 Å². The maximum atomic E-state index is 12.7. The van der Waals surface area contributed by atoms with Crippen molar-refractivity contribution in [3.05, 3.63) is 58.6 Å². The molecule has 146 valence electrons. The highest BCUT2D eigenvalue weighted by atomic mass is 35.5. The molecule has 0 amide bonds. The number of nitriles is 1. The van der Waals surface area contributed by atoms with E-state index in [0.29, 0.717) is 6.07 Å². The van der Waals surface area contributed by atoms with E-state index in [1.807, 2.05) is 0 Å². The first-order chi connectivity index (χ1) is 13.0. The Morgan fingerprint density at radius 2 is 1.50 bits per heavy atom. The predicted molar refractivity (Wildman–Crippen MR) is 89.1 cm³/mol. The average molecular weight is 420 g/mol. The van der Waals surface area contributed by atoms with Crippen molar-refractivity contribution in [2.75, 3.05) is 5.43 Å². The van der Waals surface area contributed by atoms with Crippen molar-refractivity contribution < 1.29 is 26.3 Å². The number of anilines is 1. The number of hydrogen-bond donors (Lipinski definition) is 1. The molecule has 1 N–H and O–H groups in total. The molecule has 0 unspecified atom stereocenters. The zero-order chi connectivity index (χ0) is 20.9. The Hall–Kier alpha value is -3.13. The molecule has 0 aliphatic heterocycles. The summed E-state index contributed by atoms with van der Waals surface area (Å²) >= 11 is 5.75. The molecule has 28 heavy (non-hydrogen) atoms. The SMILES string of the molecule is N#CC(/N=N/c1cc(C(F)(F)F)ccc1Cl)=N\Nc1ccc(C(F)(F)F)cc1. The number of halogens is 7. The van der Waals surface area contributed by atoms with Gasteiger partial charge in [0.15, 0.2) is 0 Å². The van der Waals surface area contributed by atoms with Gasteiger partial charge in [-0.3, -0.25) is 5.43 Å². The van der Waals surface area contributed by atoms with Gasteiger partial charge in [-0.1, -0.05) is 11.6 Å². The minimum Gasteiger partial charge on any atom is -0.276 e. The van der Waals surface area contributed by atoms with E-state index < -0.39 is 29.3 Å². The number of hydrazone groups is 1. The molecule has 0 aromatic heterocycles. The lowest BCUT2D eigenvalue weighted by atomic mass is 10.2. The maximum absolute atomic E-state index is 12.7. The van der Waals surface area contributed by atoms with Gasteiger partial charge in [-0.2, -0.15) is 31.6 Å². The summed E-state index contributed by atoms with van der Waals surface area (Å²) in [4.78, 5) is 0. The Balaban J connectivity index is 2.17. The highest BCUT2D eigenvalue weighted by molar-refractivity contribution is 6.33. The summed E-state index contributed by atoms with van der Waals surface area (Å²) in [6, 6.07) is 7.64. The Bertz CT molecular complexity index is 942. The van der Waals surface area contributed by atoms with Gasteiger partial charge >= 0.3 is 12.4 Å². The van der Waals surface area contributed by atoms with Gasteiger partial charge in [-0.05, 0) is 42.5 Å². The average Bonchev–Trinajstić information content (AvgIpc) is 2.61. The molecule has 5 nitrogen and oxygen atoms in total. The highest BCUT2D eigenvalue weighted by Crippen LogP contribution is 2.35. The number of nitrogens with one attached hydrogen (secondary N) is 1. The minimum atomic E-state index is -4.62. The van der Waals surface area contributed by atoms with Crippen LogP contribution in [0.25, 0.3) is 0 Å². The smallest absolute Gasteiger partial charge is 0.276 e. The molecule has 12 heteroatoms. The van der Waals surface area contributed by atoms with Gasteiger partial charge in [0.2, 0.25) is 0 Å². The summed E-state index contributed by atoms with van der Waals surface area (Å²) in [7, 11) is 0. The topological polar surface area (TPSA) is 72.9 Å². The lowest BCUT2D eigenvalue weighted by Gasteiger charge is -2.07. The van der Waals surface area contributed by atoms with Crippen LogP contribution in [0.4, 0.5) is 37.7 Å². The lowest BCUT2D eigenvalue weighted by Crippen LogP contribution is -2.04. The number of rotatable bonds is 3. The summed E-state index contributed by atoms with van der Waals surface area (Å²) < 4.78 is 75.6. The number of alkyl halides is 6. The number of hydrogen-bond acceptors (Lipinski definition) is 4. The molecule has 2 aromatic carbocycles. The molecule has 0 fully saturated rings. The van der Waals surface area contributed by atoms with Gasteiger partial charge < -0.3 is 0 Å². The van der Waals surface area contributed by atoms with Crippen molar-refractivity contribution in [1.82, 2.24) is 0 Å². The van der Waals surface area contributed by atoms with Crippen molar-refractivity contribution in [3.8, 4) is 6.07 Å². The van der Waals surface area contributed by atoms with Gasteiger partial charge in [-0.15, -0.1) is 15.3 Å². The molecule has 0 saturated heterocycles. The van der Waals surface area contributed by atoms with Crippen LogP contribution >= 0.6 is 11.6 Å². The van der Waals surface area contributed by atoms with E-state index in [1.165, 1.54) is 6.07 Å². The third kappa shape index (κ3) is 5.68. The van der Waals surface area contributed by atoms with E-state index in [4.69, 9.17) is 16.9 Å². The Labute approximate surface area is 158 Å². The van der Waals surface area contributed by atoms with Crippen molar-refractivity contribution >= 4 is 28.8 Å². The number of azo groups is 1. The van der Waals surface area contributed by atoms with Crippen LogP contribution in [0.1, 0.15) is 11.1 Å². The molecule has 2 aromatic rings. The van der Waals surface area contributed by atoms with Crippen LogP contribution in [0.15, 0.2) is 57.8 Å². The fourth-order valence-electron chi connectivity index (χ4n) is 1.79. The Morgan fingerprint density at radius 3 is 2.04 bits per heavy atom. The summed E-state index contributed by atoms with van der Waals surface area (Å²) in [6.07, 6.45) is -9.12. The van der Waals surface area contributed by atoms with Crippen LogP contribution in [0.5, 0.6) is 0 Å². The molecule has 0 spiro atoms.